The van der Waals surface area contributed by atoms with Gasteiger partial charge in [-0.3, -0.25) is 4.79 Å². The van der Waals surface area contributed by atoms with Gasteiger partial charge < -0.3 is 5.32 Å². The Kier molecular flexibility index (Phi) is 4.23. The lowest BCUT2D eigenvalue weighted by molar-refractivity contribution is -0.132. The summed E-state index contributed by atoms with van der Waals surface area (Å²) < 4.78 is 0. The molecule has 1 saturated heterocycles. The average molecular weight is 284 g/mol. The van der Waals surface area contributed by atoms with Crippen molar-refractivity contribution >= 4 is 29.3 Å². The topological polar surface area (TPSA) is 29.1 Å². The zero-order valence-electron chi connectivity index (χ0n) is 10.7. The second-order valence-corrected chi connectivity index (χ2v) is 6.41. The van der Waals surface area contributed by atoms with Crippen LogP contribution >= 0.6 is 23.4 Å². The highest BCUT2D eigenvalue weighted by atomic mass is 35.5. The van der Waals surface area contributed by atoms with Gasteiger partial charge in [0, 0.05) is 10.8 Å². The van der Waals surface area contributed by atoms with Crippen LogP contribution in [0.2, 0.25) is 5.02 Å². The Bertz CT molecular complexity index is 434. The number of halogens is 1. The van der Waals surface area contributed by atoms with E-state index in [9.17, 15) is 4.79 Å². The quantitative estimate of drug-likeness (QED) is 0.917. The highest BCUT2D eigenvalue weighted by molar-refractivity contribution is 7.98. The van der Waals surface area contributed by atoms with E-state index in [1.165, 1.54) is 0 Å². The van der Waals surface area contributed by atoms with Gasteiger partial charge in [0.25, 0.3) is 0 Å². The largest absolute Gasteiger partial charge is 0.349 e. The summed E-state index contributed by atoms with van der Waals surface area (Å²) in [5, 5.41) is 3.86. The standard InChI is InChI=1S/C14H18ClNOS/c1-14(9-18-2)8-7-12(16-13(14)17)10-3-5-11(15)6-4-10/h3-6,12H,7-9H2,1-2H3,(H,16,17). The number of piperidine rings is 1. The first kappa shape index (κ1) is 13.8. The van der Waals surface area contributed by atoms with Gasteiger partial charge in [0.05, 0.1) is 11.5 Å². The molecular weight excluding hydrogens is 266 g/mol. The summed E-state index contributed by atoms with van der Waals surface area (Å²) in [5.41, 5.74) is 0.918. The number of carbonyl (C=O) groups excluding carboxylic acids is 1. The van der Waals surface area contributed by atoms with E-state index in [1.807, 2.05) is 30.5 Å². The monoisotopic (exact) mass is 283 g/mol. The van der Waals surface area contributed by atoms with Gasteiger partial charge in [0.2, 0.25) is 5.91 Å². The Morgan fingerprint density at radius 1 is 1.44 bits per heavy atom. The van der Waals surface area contributed by atoms with Crippen LogP contribution in [0.5, 0.6) is 0 Å². The average Bonchev–Trinajstić information content (AvgIpc) is 2.34. The summed E-state index contributed by atoms with van der Waals surface area (Å²) in [6.07, 6.45) is 3.97. The predicted molar refractivity (Wildman–Crippen MR) is 78.1 cm³/mol. The van der Waals surface area contributed by atoms with Crippen LogP contribution in [-0.4, -0.2) is 17.9 Å². The van der Waals surface area contributed by atoms with Crippen LogP contribution in [-0.2, 0) is 4.79 Å². The first-order valence-electron chi connectivity index (χ1n) is 6.10. The molecular formula is C14H18ClNOS. The van der Waals surface area contributed by atoms with E-state index in [1.54, 1.807) is 11.8 Å². The molecule has 2 atom stereocenters. The number of amides is 1. The van der Waals surface area contributed by atoms with Crippen LogP contribution in [0.4, 0.5) is 0 Å². The minimum Gasteiger partial charge on any atom is -0.349 e. The number of hydrogen-bond donors (Lipinski definition) is 1. The highest BCUT2D eigenvalue weighted by Crippen LogP contribution is 2.36. The Morgan fingerprint density at radius 3 is 2.67 bits per heavy atom. The van der Waals surface area contributed by atoms with E-state index in [0.717, 1.165) is 29.2 Å². The lowest BCUT2D eigenvalue weighted by atomic mass is 9.80. The molecule has 0 spiro atoms. The summed E-state index contributed by atoms with van der Waals surface area (Å²) >= 11 is 7.61. The molecule has 1 amide bonds. The second kappa shape index (κ2) is 5.54. The maximum Gasteiger partial charge on any atom is 0.227 e. The second-order valence-electron chi connectivity index (χ2n) is 5.11. The smallest absolute Gasteiger partial charge is 0.227 e. The summed E-state index contributed by atoms with van der Waals surface area (Å²) in [7, 11) is 0. The third-order valence-corrected chi connectivity index (χ3v) is 4.75. The number of thioether (sulfide) groups is 1. The van der Waals surface area contributed by atoms with Crippen molar-refractivity contribution in [3.63, 3.8) is 0 Å². The molecule has 2 nitrogen and oxygen atoms in total. The molecule has 1 fully saturated rings. The maximum absolute atomic E-state index is 12.2. The van der Waals surface area contributed by atoms with Gasteiger partial charge in [0.15, 0.2) is 0 Å². The molecule has 1 N–H and O–H groups in total. The number of hydrogen-bond acceptors (Lipinski definition) is 2. The van der Waals surface area contributed by atoms with Crippen LogP contribution in [0.1, 0.15) is 31.4 Å². The molecule has 1 aromatic carbocycles. The molecule has 1 aliphatic rings. The number of benzene rings is 1. The summed E-state index contributed by atoms with van der Waals surface area (Å²) in [4.78, 5) is 12.2. The zero-order valence-corrected chi connectivity index (χ0v) is 12.3. The van der Waals surface area contributed by atoms with Crippen LogP contribution < -0.4 is 5.32 Å². The summed E-state index contributed by atoms with van der Waals surface area (Å²) in [5.74, 6) is 1.05. The van der Waals surface area contributed by atoms with Crippen molar-refractivity contribution in [2.24, 2.45) is 5.41 Å². The number of carbonyl (C=O) groups is 1. The molecule has 0 aliphatic carbocycles. The molecule has 2 unspecified atom stereocenters. The van der Waals surface area contributed by atoms with Crippen LogP contribution in [0, 0.1) is 5.41 Å². The van der Waals surface area contributed by atoms with E-state index in [2.05, 4.69) is 12.2 Å². The fourth-order valence-corrected chi connectivity index (χ4v) is 3.42. The zero-order chi connectivity index (χ0) is 13.2. The Labute approximate surface area is 117 Å². The lowest BCUT2D eigenvalue weighted by Crippen LogP contribution is -2.47. The molecule has 4 heteroatoms. The Morgan fingerprint density at radius 2 is 2.11 bits per heavy atom. The van der Waals surface area contributed by atoms with Crippen LogP contribution in [0.15, 0.2) is 24.3 Å². The Hall–Kier alpha value is -0.670. The lowest BCUT2D eigenvalue weighted by Gasteiger charge is -2.36. The van der Waals surface area contributed by atoms with Crippen LogP contribution in [0.3, 0.4) is 0 Å². The molecule has 0 bridgehead atoms. The van der Waals surface area contributed by atoms with Crippen molar-refractivity contribution in [3.8, 4) is 0 Å². The minimum absolute atomic E-state index is 0.129. The van der Waals surface area contributed by atoms with Gasteiger partial charge in [0.1, 0.15) is 0 Å². The van der Waals surface area contributed by atoms with Gasteiger partial charge in [-0.1, -0.05) is 23.7 Å². The number of nitrogens with one attached hydrogen (secondary N) is 1. The molecule has 2 rings (SSSR count). The molecule has 0 saturated carbocycles. The van der Waals surface area contributed by atoms with Crippen LogP contribution in [0.25, 0.3) is 0 Å². The summed E-state index contributed by atoms with van der Waals surface area (Å²) in [6, 6.07) is 7.86. The Balaban J connectivity index is 2.08. The molecule has 0 radical (unpaired) electrons. The maximum atomic E-state index is 12.2. The number of rotatable bonds is 3. The van der Waals surface area contributed by atoms with Crippen molar-refractivity contribution in [2.45, 2.75) is 25.8 Å². The molecule has 1 heterocycles. The normalized spacial score (nSPS) is 27.9. The van der Waals surface area contributed by atoms with Crippen molar-refractivity contribution in [2.75, 3.05) is 12.0 Å². The molecule has 98 valence electrons. The fourth-order valence-electron chi connectivity index (χ4n) is 2.38. The highest BCUT2D eigenvalue weighted by Gasteiger charge is 2.38. The third kappa shape index (κ3) is 2.83. The van der Waals surface area contributed by atoms with E-state index >= 15 is 0 Å². The minimum atomic E-state index is -0.220. The van der Waals surface area contributed by atoms with Crippen molar-refractivity contribution < 1.29 is 4.79 Å². The van der Waals surface area contributed by atoms with Crippen molar-refractivity contribution in [1.82, 2.24) is 5.32 Å². The van der Waals surface area contributed by atoms with Gasteiger partial charge in [-0.25, -0.2) is 0 Å². The van der Waals surface area contributed by atoms with Crippen molar-refractivity contribution in [1.29, 1.82) is 0 Å². The van der Waals surface area contributed by atoms with E-state index in [0.29, 0.717) is 0 Å². The fraction of sp³-hybridized carbons (Fsp3) is 0.500. The van der Waals surface area contributed by atoms with E-state index in [4.69, 9.17) is 11.6 Å². The van der Waals surface area contributed by atoms with E-state index < -0.39 is 0 Å². The van der Waals surface area contributed by atoms with E-state index in [-0.39, 0.29) is 17.4 Å². The molecule has 0 aromatic heterocycles. The predicted octanol–water partition coefficient (Wildman–Crippen LogP) is 3.66. The van der Waals surface area contributed by atoms with Gasteiger partial charge in [-0.2, -0.15) is 11.8 Å². The van der Waals surface area contributed by atoms with Gasteiger partial charge >= 0.3 is 0 Å². The van der Waals surface area contributed by atoms with Crippen molar-refractivity contribution in [3.05, 3.63) is 34.9 Å². The first-order valence-corrected chi connectivity index (χ1v) is 7.88. The van der Waals surface area contributed by atoms with Gasteiger partial charge in [-0.15, -0.1) is 0 Å². The summed E-state index contributed by atoms with van der Waals surface area (Å²) in [6.45, 7) is 2.05. The molecule has 1 aliphatic heterocycles. The third-order valence-electron chi connectivity index (χ3n) is 3.57. The first-order chi connectivity index (χ1) is 8.55. The molecule has 18 heavy (non-hydrogen) atoms. The molecule has 1 aromatic rings. The SMILES string of the molecule is CSCC1(C)CCC(c2ccc(Cl)cc2)NC1=O. The van der Waals surface area contributed by atoms with Gasteiger partial charge in [-0.05, 0) is 43.7 Å².